The third kappa shape index (κ3) is 3.91. The van der Waals surface area contributed by atoms with E-state index in [-0.39, 0.29) is 18.2 Å². The van der Waals surface area contributed by atoms with Gasteiger partial charge in [-0.15, -0.1) is 10.2 Å². The largest absolute Gasteiger partial charge is 0.493 e. The maximum absolute atomic E-state index is 11.9. The summed E-state index contributed by atoms with van der Waals surface area (Å²) in [5, 5.41) is 18.1. The summed E-state index contributed by atoms with van der Waals surface area (Å²) >= 11 is 0. The van der Waals surface area contributed by atoms with E-state index in [0.29, 0.717) is 17.1 Å². The lowest BCUT2D eigenvalue weighted by Gasteiger charge is -2.09. The number of nitrogens with one attached hydrogen (secondary N) is 1. The molecule has 0 saturated carbocycles. The van der Waals surface area contributed by atoms with Crippen LogP contribution in [0.4, 0.5) is 5.69 Å². The molecule has 0 bridgehead atoms. The molecule has 0 aliphatic rings. The number of azo groups is 1. The lowest BCUT2D eigenvalue weighted by atomic mass is 9.99. The van der Waals surface area contributed by atoms with Crippen molar-refractivity contribution in [2.45, 2.75) is 26.2 Å². The smallest absolute Gasteiger partial charge is 0.302 e. The molecule has 134 valence electrons. The maximum atomic E-state index is 11.9. The van der Waals surface area contributed by atoms with Gasteiger partial charge in [0.15, 0.2) is 12.3 Å². The number of amides is 1. The van der Waals surface area contributed by atoms with Crippen molar-refractivity contribution >= 4 is 22.5 Å². The Bertz CT molecular complexity index is 929. The highest BCUT2D eigenvalue weighted by molar-refractivity contribution is 5.94. The van der Waals surface area contributed by atoms with Gasteiger partial charge in [-0.3, -0.25) is 4.79 Å². The average molecular weight is 351 g/mol. The molecule has 1 aromatic heterocycles. The van der Waals surface area contributed by atoms with Crippen LogP contribution in [0.2, 0.25) is 0 Å². The van der Waals surface area contributed by atoms with Crippen molar-refractivity contribution < 1.29 is 14.6 Å². The molecule has 0 aliphatic carbocycles. The number of benzene rings is 2. The van der Waals surface area contributed by atoms with E-state index >= 15 is 0 Å². The first kappa shape index (κ1) is 17.7. The first-order chi connectivity index (χ1) is 12.6. The second-order valence-corrected chi connectivity index (χ2v) is 6.13. The fourth-order valence-electron chi connectivity index (χ4n) is 2.62. The van der Waals surface area contributed by atoms with Gasteiger partial charge in [0.1, 0.15) is 5.75 Å². The summed E-state index contributed by atoms with van der Waals surface area (Å²) in [6.07, 6.45) is 1.07. The van der Waals surface area contributed by atoms with Crippen LogP contribution in [0.15, 0.2) is 58.8 Å². The van der Waals surface area contributed by atoms with Gasteiger partial charge in [0.2, 0.25) is 5.88 Å². The molecule has 1 atom stereocenters. The summed E-state index contributed by atoms with van der Waals surface area (Å²) < 4.78 is 5.45. The van der Waals surface area contributed by atoms with Crippen molar-refractivity contribution in [3.05, 3.63) is 54.1 Å². The van der Waals surface area contributed by atoms with Crippen molar-refractivity contribution in [2.24, 2.45) is 10.2 Å². The fraction of sp³-hybridized carbons (Fsp3) is 0.250. The van der Waals surface area contributed by atoms with Crippen molar-refractivity contribution in [1.29, 1.82) is 0 Å². The van der Waals surface area contributed by atoms with Gasteiger partial charge >= 0.3 is 5.91 Å². The standard InChI is InChI=1S/C20H21N3O3/c1-3-13(2)14-8-10-15(11-9-14)26-12-18(24)22-23-19-16-6-4-5-7-17(16)21-20(19)25/h4-11,13,21,25H,3,12H2,1-2H3. The number of nitrogens with zero attached hydrogens (tertiary/aromatic N) is 2. The highest BCUT2D eigenvalue weighted by atomic mass is 16.5. The predicted octanol–water partition coefficient (Wildman–Crippen LogP) is 5.08. The number of hydrogen-bond acceptors (Lipinski definition) is 4. The Morgan fingerprint density at radius 2 is 1.92 bits per heavy atom. The number of H-pyrrole nitrogens is 1. The minimum absolute atomic E-state index is 0.121. The zero-order valence-electron chi connectivity index (χ0n) is 14.8. The second-order valence-electron chi connectivity index (χ2n) is 6.13. The number of fused-ring (bicyclic) bond motifs is 1. The zero-order valence-corrected chi connectivity index (χ0v) is 14.8. The molecule has 0 aliphatic heterocycles. The number of carbonyl (C=O) groups is 1. The lowest BCUT2D eigenvalue weighted by Crippen LogP contribution is -2.07. The molecule has 6 nitrogen and oxygen atoms in total. The minimum atomic E-state index is -0.527. The summed E-state index contributed by atoms with van der Waals surface area (Å²) in [5.41, 5.74) is 2.21. The molecular weight excluding hydrogens is 330 g/mol. The molecular formula is C20H21N3O3. The number of hydrogen-bond donors (Lipinski definition) is 2. The molecule has 2 aromatic carbocycles. The molecule has 1 amide bonds. The first-order valence-corrected chi connectivity index (χ1v) is 8.55. The van der Waals surface area contributed by atoms with Gasteiger partial charge < -0.3 is 14.8 Å². The van der Waals surface area contributed by atoms with E-state index in [9.17, 15) is 9.90 Å². The van der Waals surface area contributed by atoms with Crippen molar-refractivity contribution in [2.75, 3.05) is 6.61 Å². The number of carbonyl (C=O) groups excluding carboxylic acids is 1. The van der Waals surface area contributed by atoms with Crippen molar-refractivity contribution in [3.8, 4) is 11.6 Å². The van der Waals surface area contributed by atoms with Gasteiger partial charge in [0, 0.05) is 5.39 Å². The van der Waals surface area contributed by atoms with Crippen LogP contribution in [0.5, 0.6) is 11.6 Å². The van der Waals surface area contributed by atoms with E-state index < -0.39 is 5.91 Å². The molecule has 1 unspecified atom stereocenters. The molecule has 0 spiro atoms. The Balaban J connectivity index is 1.62. The Kier molecular flexibility index (Phi) is 5.31. The SMILES string of the molecule is CCC(C)c1ccc(OCC(=O)N=Nc2c(O)[nH]c3ccccc23)cc1. The van der Waals surface area contributed by atoms with Gasteiger partial charge in [0.25, 0.3) is 0 Å². The fourth-order valence-corrected chi connectivity index (χ4v) is 2.62. The zero-order chi connectivity index (χ0) is 18.5. The third-order valence-electron chi connectivity index (χ3n) is 4.34. The highest BCUT2D eigenvalue weighted by Crippen LogP contribution is 2.35. The molecule has 0 radical (unpaired) electrons. The van der Waals surface area contributed by atoms with E-state index in [1.165, 1.54) is 5.56 Å². The lowest BCUT2D eigenvalue weighted by molar-refractivity contribution is -0.120. The van der Waals surface area contributed by atoms with E-state index in [0.717, 1.165) is 11.9 Å². The molecule has 1 heterocycles. The number of aromatic nitrogens is 1. The van der Waals surface area contributed by atoms with E-state index in [1.807, 2.05) is 42.5 Å². The predicted molar refractivity (Wildman–Crippen MR) is 100 cm³/mol. The number of aromatic hydroxyl groups is 1. The van der Waals surface area contributed by atoms with Crippen LogP contribution in [-0.2, 0) is 4.79 Å². The highest BCUT2D eigenvalue weighted by Gasteiger charge is 2.10. The van der Waals surface area contributed by atoms with Crippen molar-refractivity contribution in [1.82, 2.24) is 4.98 Å². The van der Waals surface area contributed by atoms with E-state index in [1.54, 1.807) is 6.07 Å². The van der Waals surface area contributed by atoms with Gasteiger partial charge in [-0.1, -0.05) is 44.2 Å². The number of aromatic amines is 1. The maximum Gasteiger partial charge on any atom is 0.302 e. The van der Waals surface area contributed by atoms with Crippen LogP contribution >= 0.6 is 0 Å². The molecule has 26 heavy (non-hydrogen) atoms. The number of para-hydroxylation sites is 1. The van der Waals surface area contributed by atoms with Gasteiger partial charge in [-0.2, -0.15) is 0 Å². The molecule has 3 rings (SSSR count). The Hall–Kier alpha value is -3.15. The molecule has 0 fully saturated rings. The van der Waals surface area contributed by atoms with Crippen LogP contribution in [0.25, 0.3) is 10.9 Å². The van der Waals surface area contributed by atoms with Crippen LogP contribution in [0.1, 0.15) is 31.7 Å². The first-order valence-electron chi connectivity index (χ1n) is 8.55. The number of rotatable bonds is 6. The second kappa shape index (κ2) is 7.82. The van der Waals surface area contributed by atoms with Gasteiger partial charge in [-0.05, 0) is 36.1 Å². The summed E-state index contributed by atoms with van der Waals surface area (Å²) in [6.45, 7) is 4.10. The summed E-state index contributed by atoms with van der Waals surface area (Å²) in [6, 6.07) is 14.9. The summed E-state index contributed by atoms with van der Waals surface area (Å²) in [5.74, 6) is 0.448. The van der Waals surface area contributed by atoms with Gasteiger partial charge in [0.05, 0.1) is 5.52 Å². The Morgan fingerprint density at radius 1 is 1.19 bits per heavy atom. The van der Waals surface area contributed by atoms with Crippen molar-refractivity contribution in [3.63, 3.8) is 0 Å². The topological polar surface area (TPSA) is 87.0 Å². The third-order valence-corrected chi connectivity index (χ3v) is 4.34. The normalized spacial score (nSPS) is 12.5. The number of ether oxygens (including phenoxy) is 1. The van der Waals surface area contributed by atoms with Crippen LogP contribution in [0, 0.1) is 0 Å². The Morgan fingerprint density at radius 3 is 2.65 bits per heavy atom. The summed E-state index contributed by atoms with van der Waals surface area (Å²) in [4.78, 5) is 14.7. The molecule has 2 N–H and O–H groups in total. The summed E-state index contributed by atoms with van der Waals surface area (Å²) in [7, 11) is 0. The molecule has 3 aromatic rings. The van der Waals surface area contributed by atoms with Crippen LogP contribution < -0.4 is 4.74 Å². The monoisotopic (exact) mass is 351 g/mol. The van der Waals surface area contributed by atoms with Crippen LogP contribution in [-0.4, -0.2) is 22.6 Å². The van der Waals surface area contributed by atoms with Crippen LogP contribution in [0.3, 0.4) is 0 Å². The Labute approximate surface area is 151 Å². The molecule has 6 heteroatoms. The quantitative estimate of drug-likeness (QED) is 0.607. The average Bonchev–Trinajstić information content (AvgIpc) is 2.99. The minimum Gasteiger partial charge on any atom is -0.493 e. The van der Waals surface area contributed by atoms with Gasteiger partial charge in [-0.25, -0.2) is 0 Å². The van der Waals surface area contributed by atoms with E-state index in [2.05, 4.69) is 29.1 Å². The molecule has 0 saturated heterocycles. The van der Waals surface area contributed by atoms with E-state index in [4.69, 9.17) is 4.74 Å².